The Hall–Kier alpha value is -3.12. The van der Waals surface area contributed by atoms with Crippen molar-refractivity contribution >= 4 is 21.6 Å². The van der Waals surface area contributed by atoms with Crippen LogP contribution in [-0.4, -0.2) is 51.0 Å². The number of nitriles is 1. The third kappa shape index (κ3) is 5.23. The van der Waals surface area contributed by atoms with Crippen LogP contribution in [0.4, 0.5) is 5.69 Å². The molecule has 154 valence electrons. The molecule has 2 aromatic rings. The summed E-state index contributed by atoms with van der Waals surface area (Å²) in [7, 11) is -2.56. The van der Waals surface area contributed by atoms with Gasteiger partial charge in [0.1, 0.15) is 6.54 Å². The van der Waals surface area contributed by atoms with Crippen molar-refractivity contribution in [3.05, 3.63) is 48.2 Å². The van der Waals surface area contributed by atoms with Crippen LogP contribution >= 0.6 is 0 Å². The van der Waals surface area contributed by atoms with Crippen LogP contribution in [0.2, 0.25) is 0 Å². The lowest BCUT2D eigenvalue weighted by Gasteiger charge is -2.28. The van der Waals surface area contributed by atoms with Crippen LogP contribution in [0.5, 0.6) is 5.88 Å². The van der Waals surface area contributed by atoms with Crippen LogP contribution in [0.25, 0.3) is 0 Å². The Morgan fingerprint density at radius 1 is 1.24 bits per heavy atom. The second-order valence-electron chi connectivity index (χ2n) is 6.22. The van der Waals surface area contributed by atoms with Gasteiger partial charge in [-0.15, -0.1) is 0 Å². The van der Waals surface area contributed by atoms with Gasteiger partial charge in [-0.2, -0.15) is 5.26 Å². The molecule has 0 atom stereocenters. The molecule has 1 amide bonds. The highest BCUT2D eigenvalue weighted by atomic mass is 32.2. The van der Waals surface area contributed by atoms with E-state index >= 15 is 0 Å². The smallest absolute Gasteiger partial charge is 0.265 e. The summed E-state index contributed by atoms with van der Waals surface area (Å²) in [6.07, 6.45) is 1.53. The number of hydrogen-bond donors (Lipinski definition) is 0. The van der Waals surface area contributed by atoms with Crippen LogP contribution in [0, 0.1) is 18.3 Å². The summed E-state index contributed by atoms with van der Waals surface area (Å²) in [6.45, 7) is 3.70. The molecule has 1 aromatic heterocycles. The summed E-state index contributed by atoms with van der Waals surface area (Å²) in [4.78, 5) is 18.5. The van der Waals surface area contributed by atoms with Crippen LogP contribution in [-0.2, 0) is 14.8 Å². The fourth-order valence-electron chi connectivity index (χ4n) is 2.79. The van der Waals surface area contributed by atoms with Crippen molar-refractivity contribution in [2.24, 2.45) is 0 Å². The van der Waals surface area contributed by atoms with Crippen LogP contribution < -0.4 is 9.04 Å². The molecule has 0 bridgehead atoms. The second kappa shape index (κ2) is 9.89. The lowest BCUT2D eigenvalue weighted by molar-refractivity contribution is -0.129. The second-order valence-corrected chi connectivity index (χ2v) is 8.05. The predicted molar refractivity (Wildman–Crippen MR) is 109 cm³/mol. The van der Waals surface area contributed by atoms with Crippen LogP contribution in [0.3, 0.4) is 0 Å². The number of carbonyl (C=O) groups excluding carboxylic acids is 1. The molecule has 1 heterocycles. The molecule has 0 saturated heterocycles. The van der Waals surface area contributed by atoms with E-state index in [1.165, 1.54) is 30.3 Å². The van der Waals surface area contributed by atoms with Crippen molar-refractivity contribution in [2.45, 2.75) is 25.2 Å². The largest absolute Gasteiger partial charge is 0.481 e. The van der Waals surface area contributed by atoms with E-state index in [0.29, 0.717) is 18.0 Å². The third-order valence-corrected chi connectivity index (χ3v) is 6.32. The minimum Gasteiger partial charge on any atom is -0.481 e. The van der Waals surface area contributed by atoms with E-state index in [9.17, 15) is 13.2 Å². The first-order valence-corrected chi connectivity index (χ1v) is 10.5. The van der Waals surface area contributed by atoms with Gasteiger partial charge in [-0.3, -0.25) is 9.10 Å². The number of aryl methyl sites for hydroxylation is 1. The molecule has 0 radical (unpaired) electrons. The number of hydrogen-bond acceptors (Lipinski definition) is 6. The molecule has 29 heavy (non-hydrogen) atoms. The number of ether oxygens (including phenoxy) is 1. The van der Waals surface area contributed by atoms with Crippen molar-refractivity contribution in [3.63, 3.8) is 0 Å². The maximum Gasteiger partial charge on any atom is 0.265 e. The van der Waals surface area contributed by atoms with E-state index in [1.807, 2.05) is 6.07 Å². The standard InChI is InChI=1S/C20H24N4O4S/c1-4-23(13-7-12-21)20(25)15-24(17-10-11-19(28-3)22-14-17)29(26,27)18-9-6-5-8-16(18)2/h5-6,8-11,14H,4,7,13,15H2,1-3H3. The Bertz CT molecular complexity index is 984. The molecule has 1 aromatic carbocycles. The third-order valence-electron chi connectivity index (χ3n) is 4.39. The van der Waals surface area contributed by atoms with Gasteiger partial charge in [-0.25, -0.2) is 13.4 Å². The molecule has 0 N–H and O–H groups in total. The highest BCUT2D eigenvalue weighted by Crippen LogP contribution is 2.26. The Kier molecular flexibility index (Phi) is 7.56. The topological polar surface area (TPSA) is 104 Å². The SMILES string of the molecule is CCN(CCC#N)C(=O)CN(c1ccc(OC)nc1)S(=O)(=O)c1ccccc1C. The Morgan fingerprint density at radius 3 is 2.52 bits per heavy atom. The zero-order chi connectivity index (χ0) is 21.4. The van der Waals surface area contributed by atoms with Gasteiger partial charge in [0, 0.05) is 19.2 Å². The van der Waals surface area contributed by atoms with Gasteiger partial charge in [0.15, 0.2) is 0 Å². The fraction of sp³-hybridized carbons (Fsp3) is 0.350. The molecule has 0 spiro atoms. The van der Waals surface area contributed by atoms with E-state index in [0.717, 1.165) is 4.31 Å². The Balaban J connectivity index is 2.47. The van der Waals surface area contributed by atoms with Gasteiger partial charge in [0.05, 0.1) is 36.4 Å². The van der Waals surface area contributed by atoms with Crippen molar-refractivity contribution in [3.8, 4) is 11.9 Å². The van der Waals surface area contributed by atoms with Gasteiger partial charge < -0.3 is 9.64 Å². The minimum absolute atomic E-state index is 0.115. The van der Waals surface area contributed by atoms with E-state index < -0.39 is 22.5 Å². The molecule has 0 aliphatic rings. The van der Waals surface area contributed by atoms with Gasteiger partial charge in [-0.1, -0.05) is 18.2 Å². The van der Waals surface area contributed by atoms with Gasteiger partial charge in [0.2, 0.25) is 11.8 Å². The molecule has 0 unspecified atom stereocenters. The zero-order valence-electron chi connectivity index (χ0n) is 16.7. The van der Waals surface area contributed by atoms with Crippen molar-refractivity contribution < 1.29 is 17.9 Å². The van der Waals surface area contributed by atoms with Crippen molar-refractivity contribution in [1.29, 1.82) is 5.26 Å². The fourth-order valence-corrected chi connectivity index (χ4v) is 4.42. The first-order valence-electron chi connectivity index (χ1n) is 9.08. The highest BCUT2D eigenvalue weighted by molar-refractivity contribution is 7.93. The van der Waals surface area contributed by atoms with Gasteiger partial charge >= 0.3 is 0 Å². The Morgan fingerprint density at radius 2 is 1.97 bits per heavy atom. The first-order chi connectivity index (χ1) is 13.8. The monoisotopic (exact) mass is 416 g/mol. The first kappa shape index (κ1) is 22.2. The van der Waals surface area contributed by atoms with Crippen LogP contribution in [0.15, 0.2) is 47.5 Å². The number of carbonyl (C=O) groups is 1. The van der Waals surface area contributed by atoms with E-state index in [4.69, 9.17) is 10.00 Å². The average Bonchev–Trinajstić information content (AvgIpc) is 2.72. The average molecular weight is 417 g/mol. The highest BCUT2D eigenvalue weighted by Gasteiger charge is 2.30. The lowest BCUT2D eigenvalue weighted by atomic mass is 10.2. The zero-order valence-corrected chi connectivity index (χ0v) is 17.5. The normalized spacial score (nSPS) is 10.8. The number of pyridine rings is 1. The van der Waals surface area contributed by atoms with E-state index in [1.54, 1.807) is 38.1 Å². The number of amides is 1. The summed E-state index contributed by atoms with van der Waals surface area (Å²) >= 11 is 0. The molecule has 0 saturated carbocycles. The summed E-state index contributed by atoms with van der Waals surface area (Å²) in [5.74, 6) is -0.0618. The van der Waals surface area contributed by atoms with E-state index in [2.05, 4.69) is 4.98 Å². The maximum atomic E-state index is 13.4. The number of sulfonamides is 1. The molecular formula is C20H24N4O4S. The van der Waals surface area contributed by atoms with E-state index in [-0.39, 0.29) is 23.5 Å². The quantitative estimate of drug-likeness (QED) is 0.622. The molecule has 9 heteroatoms. The molecular weight excluding hydrogens is 392 g/mol. The molecule has 2 rings (SSSR count). The molecule has 0 aliphatic carbocycles. The number of aromatic nitrogens is 1. The van der Waals surface area contributed by atoms with Gasteiger partial charge in [-0.05, 0) is 31.5 Å². The summed E-state index contributed by atoms with van der Waals surface area (Å²) in [5.41, 5.74) is 0.821. The van der Waals surface area contributed by atoms with Crippen LogP contribution in [0.1, 0.15) is 18.9 Å². The minimum atomic E-state index is -4.02. The van der Waals surface area contributed by atoms with Gasteiger partial charge in [0.25, 0.3) is 10.0 Å². The summed E-state index contributed by atoms with van der Waals surface area (Å²) < 4.78 is 32.9. The summed E-state index contributed by atoms with van der Waals surface area (Å²) in [5, 5.41) is 8.80. The number of methoxy groups -OCH3 is 1. The predicted octanol–water partition coefficient (Wildman–Crippen LogP) is 2.36. The number of nitrogens with zero attached hydrogens (tertiary/aromatic N) is 4. The number of likely N-dealkylation sites (N-methyl/N-ethyl adjacent to an activating group) is 1. The number of anilines is 1. The van der Waals surface area contributed by atoms with Crippen molar-refractivity contribution in [2.75, 3.05) is 31.0 Å². The maximum absolute atomic E-state index is 13.4. The summed E-state index contributed by atoms with van der Waals surface area (Å²) in [6, 6.07) is 11.7. The lowest BCUT2D eigenvalue weighted by Crippen LogP contribution is -2.43. The van der Waals surface area contributed by atoms with Crippen molar-refractivity contribution in [1.82, 2.24) is 9.88 Å². The molecule has 0 fully saturated rings. The number of rotatable bonds is 9. The molecule has 8 nitrogen and oxygen atoms in total. The number of benzene rings is 1. The molecule has 0 aliphatic heterocycles. The Labute approximate surface area is 171 Å².